The molecule has 0 bridgehead atoms. The first-order valence-corrected chi connectivity index (χ1v) is 6.10. The average molecular weight is 277 g/mol. The molecule has 1 aromatic rings. The summed E-state index contributed by atoms with van der Waals surface area (Å²) in [5, 5.41) is 6.57. The predicted molar refractivity (Wildman–Crippen MR) is 82.7 cm³/mol. The van der Waals surface area contributed by atoms with Gasteiger partial charge in [-0.2, -0.15) is 5.10 Å². The minimum absolute atomic E-state index is 0. The zero-order valence-corrected chi connectivity index (χ0v) is 11.9. The van der Waals surface area contributed by atoms with Crippen molar-refractivity contribution in [3.05, 3.63) is 42.0 Å². The summed E-state index contributed by atoms with van der Waals surface area (Å²) in [7, 11) is 4.08. The molecule has 0 amide bonds. The van der Waals surface area contributed by atoms with Crippen molar-refractivity contribution in [1.82, 2.24) is 5.01 Å². The van der Waals surface area contributed by atoms with Crippen molar-refractivity contribution >= 4 is 29.6 Å². The highest BCUT2D eigenvalue weighted by Gasteiger charge is 2.18. The van der Waals surface area contributed by atoms with Crippen LogP contribution < -0.4 is 4.90 Å². The lowest BCUT2D eigenvalue weighted by Gasteiger charge is -2.18. The Kier molecular flexibility index (Phi) is 3.90. The van der Waals surface area contributed by atoms with Crippen molar-refractivity contribution in [2.24, 2.45) is 10.1 Å². The molecule has 0 saturated carbocycles. The fourth-order valence-electron chi connectivity index (χ4n) is 2.10. The Bertz CT molecular complexity index is 543. The first kappa shape index (κ1) is 13.6. The predicted octanol–water partition coefficient (Wildman–Crippen LogP) is 2.16. The van der Waals surface area contributed by atoms with Crippen LogP contribution in [0.2, 0.25) is 0 Å². The van der Waals surface area contributed by atoms with E-state index in [9.17, 15) is 0 Å². The molecule has 0 unspecified atom stereocenters. The molecular weight excluding hydrogens is 260 g/mol. The van der Waals surface area contributed by atoms with Gasteiger partial charge >= 0.3 is 0 Å². The second kappa shape index (κ2) is 5.45. The summed E-state index contributed by atoms with van der Waals surface area (Å²) in [4.78, 5) is 6.46. The van der Waals surface area contributed by atoms with Crippen LogP contribution in [0.15, 0.2) is 46.5 Å². The number of rotatable bonds is 2. The normalized spacial score (nSPS) is 16.4. The van der Waals surface area contributed by atoms with Crippen LogP contribution in [-0.4, -0.2) is 43.7 Å². The van der Waals surface area contributed by atoms with Crippen LogP contribution in [0.1, 0.15) is 5.56 Å². The Labute approximate surface area is 119 Å². The monoisotopic (exact) mass is 276 g/mol. The molecule has 2 aliphatic heterocycles. The molecule has 5 heteroatoms. The lowest BCUT2D eigenvalue weighted by Crippen LogP contribution is -2.25. The van der Waals surface area contributed by atoms with Crippen molar-refractivity contribution in [2.45, 2.75) is 0 Å². The Morgan fingerprint density at radius 2 is 1.84 bits per heavy atom. The summed E-state index contributed by atoms with van der Waals surface area (Å²) in [6.45, 7) is 1.73. The van der Waals surface area contributed by atoms with Gasteiger partial charge in [-0.25, -0.2) is 5.01 Å². The maximum Gasteiger partial charge on any atom is 0.144 e. The summed E-state index contributed by atoms with van der Waals surface area (Å²) >= 11 is 0. The summed E-state index contributed by atoms with van der Waals surface area (Å²) in [6, 6.07) is 8.44. The number of nitrogens with zero attached hydrogens (tertiary/aromatic N) is 4. The third kappa shape index (κ3) is 2.63. The number of aliphatic imine (C=N–C) groups is 1. The highest BCUT2D eigenvalue weighted by atomic mass is 35.5. The van der Waals surface area contributed by atoms with Crippen LogP contribution in [-0.2, 0) is 0 Å². The third-order valence-electron chi connectivity index (χ3n) is 3.15. The first-order valence-electron chi connectivity index (χ1n) is 6.10. The number of benzene rings is 1. The van der Waals surface area contributed by atoms with E-state index in [1.54, 1.807) is 0 Å². The van der Waals surface area contributed by atoms with E-state index >= 15 is 0 Å². The second-order valence-corrected chi connectivity index (χ2v) is 4.62. The van der Waals surface area contributed by atoms with Crippen LogP contribution in [0, 0.1) is 0 Å². The Morgan fingerprint density at radius 1 is 1.11 bits per heavy atom. The van der Waals surface area contributed by atoms with Crippen molar-refractivity contribution < 1.29 is 0 Å². The van der Waals surface area contributed by atoms with E-state index in [0.717, 1.165) is 30.2 Å². The molecule has 0 fully saturated rings. The molecular formula is C14H17ClN4. The zero-order chi connectivity index (χ0) is 12.5. The highest BCUT2D eigenvalue weighted by molar-refractivity contribution is 6.14. The Balaban J connectivity index is 0.00000133. The van der Waals surface area contributed by atoms with Gasteiger partial charge in [-0.3, -0.25) is 4.99 Å². The van der Waals surface area contributed by atoms with Crippen LogP contribution in [0.25, 0.3) is 0 Å². The van der Waals surface area contributed by atoms with E-state index in [4.69, 9.17) is 0 Å². The minimum Gasteiger partial charge on any atom is -0.378 e. The molecule has 1 aromatic carbocycles. The lowest BCUT2D eigenvalue weighted by atomic mass is 10.1. The standard InChI is InChI=1S/C14H16N4.ClH/c1-17(2)12-5-3-11(4-6-12)13-7-8-14-15-9-10-18(14)16-13;/h3-8H,9-10H2,1-2H3;1H. The highest BCUT2D eigenvalue weighted by Crippen LogP contribution is 2.17. The van der Waals surface area contributed by atoms with E-state index < -0.39 is 0 Å². The van der Waals surface area contributed by atoms with Gasteiger partial charge in [0.1, 0.15) is 5.84 Å². The van der Waals surface area contributed by atoms with E-state index in [1.807, 2.05) is 31.3 Å². The SMILES string of the molecule is CN(C)c1ccc(C2=NN3CCN=C3C=C2)cc1.Cl. The number of hydrazone groups is 1. The van der Waals surface area contributed by atoms with Gasteiger partial charge in [0.2, 0.25) is 0 Å². The van der Waals surface area contributed by atoms with Crippen molar-refractivity contribution in [3.8, 4) is 0 Å². The topological polar surface area (TPSA) is 31.2 Å². The van der Waals surface area contributed by atoms with E-state index in [0.29, 0.717) is 0 Å². The summed E-state index contributed by atoms with van der Waals surface area (Å²) in [5.74, 6) is 0.976. The van der Waals surface area contributed by atoms with Gasteiger partial charge in [0, 0.05) is 25.3 Å². The molecule has 0 N–H and O–H groups in total. The first-order chi connectivity index (χ1) is 8.74. The van der Waals surface area contributed by atoms with Crippen LogP contribution in [0.3, 0.4) is 0 Å². The molecule has 3 rings (SSSR count). The molecule has 0 aromatic heterocycles. The fraction of sp³-hybridized carbons (Fsp3) is 0.286. The number of hydrogen-bond donors (Lipinski definition) is 0. The summed E-state index contributed by atoms with van der Waals surface area (Å²) < 4.78 is 0. The molecule has 19 heavy (non-hydrogen) atoms. The minimum atomic E-state index is 0. The molecule has 0 radical (unpaired) electrons. The second-order valence-electron chi connectivity index (χ2n) is 4.62. The average Bonchev–Trinajstić information content (AvgIpc) is 2.86. The van der Waals surface area contributed by atoms with Crippen LogP contribution >= 0.6 is 12.4 Å². The van der Waals surface area contributed by atoms with Gasteiger partial charge in [-0.1, -0.05) is 12.1 Å². The number of amidine groups is 1. The Morgan fingerprint density at radius 3 is 2.53 bits per heavy atom. The van der Waals surface area contributed by atoms with Crippen LogP contribution in [0.5, 0.6) is 0 Å². The molecule has 0 saturated heterocycles. The van der Waals surface area contributed by atoms with Gasteiger partial charge in [0.25, 0.3) is 0 Å². The number of anilines is 1. The van der Waals surface area contributed by atoms with Crippen molar-refractivity contribution in [1.29, 1.82) is 0 Å². The van der Waals surface area contributed by atoms with Gasteiger partial charge < -0.3 is 4.90 Å². The summed E-state index contributed by atoms with van der Waals surface area (Å²) in [6.07, 6.45) is 4.07. The maximum absolute atomic E-state index is 4.61. The fourth-order valence-corrected chi connectivity index (χ4v) is 2.10. The third-order valence-corrected chi connectivity index (χ3v) is 3.15. The van der Waals surface area contributed by atoms with Crippen LogP contribution in [0.4, 0.5) is 5.69 Å². The number of allylic oxidation sites excluding steroid dienone is 1. The molecule has 4 nitrogen and oxygen atoms in total. The van der Waals surface area contributed by atoms with E-state index in [-0.39, 0.29) is 12.4 Å². The molecule has 2 aliphatic rings. The van der Waals surface area contributed by atoms with Crippen molar-refractivity contribution in [2.75, 3.05) is 32.1 Å². The molecule has 0 spiro atoms. The van der Waals surface area contributed by atoms with E-state index in [1.165, 1.54) is 5.69 Å². The lowest BCUT2D eigenvalue weighted by molar-refractivity contribution is 0.490. The van der Waals surface area contributed by atoms with Crippen molar-refractivity contribution in [3.63, 3.8) is 0 Å². The van der Waals surface area contributed by atoms with Gasteiger partial charge in [0.05, 0.1) is 18.8 Å². The smallest absolute Gasteiger partial charge is 0.144 e. The quantitative estimate of drug-likeness (QED) is 0.829. The van der Waals surface area contributed by atoms with Gasteiger partial charge in [-0.05, 0) is 24.3 Å². The Hall–Kier alpha value is -1.81. The molecule has 100 valence electrons. The molecule has 0 atom stereocenters. The van der Waals surface area contributed by atoms with Gasteiger partial charge in [0.15, 0.2) is 0 Å². The number of hydrogen-bond acceptors (Lipinski definition) is 4. The maximum atomic E-state index is 4.61. The number of halogens is 1. The largest absolute Gasteiger partial charge is 0.378 e. The number of fused-ring (bicyclic) bond motifs is 1. The zero-order valence-electron chi connectivity index (χ0n) is 11.1. The van der Waals surface area contributed by atoms with E-state index in [2.05, 4.69) is 39.3 Å². The molecule has 0 aliphatic carbocycles. The van der Waals surface area contributed by atoms with Gasteiger partial charge in [-0.15, -0.1) is 12.4 Å². The molecule has 2 heterocycles. The summed E-state index contributed by atoms with van der Waals surface area (Å²) in [5.41, 5.74) is 3.34.